The van der Waals surface area contributed by atoms with Gasteiger partial charge >= 0.3 is 0 Å². The average Bonchev–Trinajstić information content (AvgIpc) is 2.99. The fourth-order valence-corrected chi connectivity index (χ4v) is 2.66. The number of anilines is 1. The van der Waals surface area contributed by atoms with Crippen LogP contribution in [-0.2, 0) is 0 Å². The van der Waals surface area contributed by atoms with E-state index < -0.39 is 0 Å². The number of hydrogen-bond donors (Lipinski definition) is 3. The molecule has 0 aliphatic carbocycles. The Labute approximate surface area is 143 Å². The zero-order valence-electron chi connectivity index (χ0n) is 13.1. The van der Waals surface area contributed by atoms with Crippen molar-refractivity contribution in [2.45, 2.75) is 6.92 Å². The van der Waals surface area contributed by atoms with E-state index in [1.807, 2.05) is 0 Å². The average molecular weight is 343 g/mol. The highest BCUT2D eigenvalue weighted by Crippen LogP contribution is 2.23. The molecule has 3 rings (SSSR count). The van der Waals surface area contributed by atoms with Gasteiger partial charge in [-0.1, -0.05) is 17.7 Å². The summed E-state index contributed by atoms with van der Waals surface area (Å²) in [5.74, 6) is -0.582. The standard InChI is InChI=1S/C17H15ClN4O2/c1-9-11(16(23)19-2)4-3-5-13(9)20-17(24)15-12-8-10(18)6-7-14(12)21-22-15/h3-8H,1-2H3,(H,19,23)(H,20,24)(H,21,22). The Hall–Kier alpha value is -2.86. The van der Waals surface area contributed by atoms with Crippen molar-refractivity contribution in [2.24, 2.45) is 0 Å². The molecule has 6 nitrogen and oxygen atoms in total. The number of carbonyl (C=O) groups excluding carboxylic acids is 2. The molecule has 0 radical (unpaired) electrons. The van der Waals surface area contributed by atoms with Gasteiger partial charge in [0, 0.05) is 28.7 Å². The number of aromatic amines is 1. The minimum Gasteiger partial charge on any atom is -0.355 e. The molecule has 24 heavy (non-hydrogen) atoms. The van der Waals surface area contributed by atoms with E-state index in [1.54, 1.807) is 50.4 Å². The molecule has 2 amide bonds. The van der Waals surface area contributed by atoms with Gasteiger partial charge in [-0.2, -0.15) is 5.10 Å². The number of H-pyrrole nitrogens is 1. The third-order valence-corrected chi connectivity index (χ3v) is 4.03. The van der Waals surface area contributed by atoms with Crippen LogP contribution in [0.3, 0.4) is 0 Å². The molecular formula is C17H15ClN4O2. The van der Waals surface area contributed by atoms with Crippen LogP contribution in [0.2, 0.25) is 5.02 Å². The number of fused-ring (bicyclic) bond motifs is 1. The number of benzene rings is 2. The van der Waals surface area contributed by atoms with Crippen LogP contribution < -0.4 is 10.6 Å². The van der Waals surface area contributed by atoms with E-state index in [0.29, 0.717) is 27.2 Å². The first-order chi connectivity index (χ1) is 11.5. The predicted octanol–water partition coefficient (Wildman–Crippen LogP) is 3.14. The third kappa shape index (κ3) is 2.83. The molecule has 3 aromatic rings. The van der Waals surface area contributed by atoms with Crippen LogP contribution in [0.4, 0.5) is 5.69 Å². The monoisotopic (exact) mass is 342 g/mol. The zero-order chi connectivity index (χ0) is 17.3. The third-order valence-electron chi connectivity index (χ3n) is 3.79. The zero-order valence-corrected chi connectivity index (χ0v) is 13.9. The number of carbonyl (C=O) groups is 2. The molecule has 0 fully saturated rings. The Balaban J connectivity index is 1.95. The fourth-order valence-electron chi connectivity index (χ4n) is 2.49. The van der Waals surface area contributed by atoms with Crippen LogP contribution >= 0.6 is 11.6 Å². The molecule has 0 aliphatic heterocycles. The minimum atomic E-state index is -0.374. The summed E-state index contributed by atoms with van der Waals surface area (Å²) in [6.45, 7) is 1.78. The second kappa shape index (κ2) is 6.33. The topological polar surface area (TPSA) is 86.9 Å². The van der Waals surface area contributed by atoms with Gasteiger partial charge in [0.2, 0.25) is 0 Å². The smallest absolute Gasteiger partial charge is 0.276 e. The van der Waals surface area contributed by atoms with Crippen molar-refractivity contribution in [1.82, 2.24) is 15.5 Å². The largest absolute Gasteiger partial charge is 0.355 e. The molecule has 0 bridgehead atoms. The lowest BCUT2D eigenvalue weighted by atomic mass is 10.1. The van der Waals surface area contributed by atoms with Crippen molar-refractivity contribution in [3.8, 4) is 0 Å². The van der Waals surface area contributed by atoms with E-state index in [1.165, 1.54) is 0 Å². The first-order valence-corrected chi connectivity index (χ1v) is 7.65. The molecule has 0 atom stereocenters. The molecule has 7 heteroatoms. The Morgan fingerprint density at radius 2 is 1.96 bits per heavy atom. The number of halogens is 1. The van der Waals surface area contributed by atoms with E-state index in [2.05, 4.69) is 20.8 Å². The number of aromatic nitrogens is 2. The molecule has 0 unspecified atom stereocenters. The van der Waals surface area contributed by atoms with Crippen LogP contribution in [0.15, 0.2) is 36.4 Å². The van der Waals surface area contributed by atoms with Crippen LogP contribution in [0.5, 0.6) is 0 Å². The molecular weight excluding hydrogens is 328 g/mol. The Morgan fingerprint density at radius 3 is 2.71 bits per heavy atom. The second-order valence-electron chi connectivity index (χ2n) is 5.27. The first-order valence-electron chi connectivity index (χ1n) is 7.28. The van der Waals surface area contributed by atoms with Crippen molar-refractivity contribution in [3.63, 3.8) is 0 Å². The van der Waals surface area contributed by atoms with E-state index in [0.717, 1.165) is 5.52 Å². The summed E-state index contributed by atoms with van der Waals surface area (Å²) >= 11 is 5.99. The maximum atomic E-state index is 12.6. The number of rotatable bonds is 3. The highest BCUT2D eigenvalue weighted by molar-refractivity contribution is 6.31. The molecule has 0 spiro atoms. The van der Waals surface area contributed by atoms with Crippen LogP contribution in [0.25, 0.3) is 10.9 Å². The summed E-state index contributed by atoms with van der Waals surface area (Å²) in [6, 6.07) is 10.3. The van der Waals surface area contributed by atoms with Crippen molar-refractivity contribution in [3.05, 3.63) is 58.2 Å². The van der Waals surface area contributed by atoms with E-state index in [4.69, 9.17) is 11.6 Å². The predicted molar refractivity (Wildman–Crippen MR) is 93.6 cm³/mol. The van der Waals surface area contributed by atoms with Gasteiger partial charge in [-0.05, 0) is 42.8 Å². The minimum absolute atomic E-state index is 0.208. The summed E-state index contributed by atoms with van der Waals surface area (Å²) in [5.41, 5.74) is 2.71. The van der Waals surface area contributed by atoms with Crippen molar-refractivity contribution < 1.29 is 9.59 Å². The SMILES string of the molecule is CNC(=O)c1cccc(NC(=O)c2n[nH]c3ccc(Cl)cc23)c1C. The molecule has 1 heterocycles. The first kappa shape index (κ1) is 16.0. The lowest BCUT2D eigenvalue weighted by Gasteiger charge is -2.11. The Kier molecular flexibility index (Phi) is 4.22. The van der Waals surface area contributed by atoms with Gasteiger partial charge in [-0.25, -0.2) is 0 Å². The van der Waals surface area contributed by atoms with Gasteiger partial charge < -0.3 is 10.6 Å². The van der Waals surface area contributed by atoms with Gasteiger partial charge in [0.15, 0.2) is 5.69 Å². The van der Waals surface area contributed by atoms with Gasteiger partial charge in [0.25, 0.3) is 11.8 Å². The molecule has 122 valence electrons. The Morgan fingerprint density at radius 1 is 1.17 bits per heavy atom. The van der Waals surface area contributed by atoms with E-state index >= 15 is 0 Å². The summed E-state index contributed by atoms with van der Waals surface area (Å²) in [7, 11) is 1.56. The summed E-state index contributed by atoms with van der Waals surface area (Å²) in [5, 5.41) is 13.4. The lowest BCUT2D eigenvalue weighted by Crippen LogP contribution is -2.20. The van der Waals surface area contributed by atoms with Crippen LogP contribution in [0, 0.1) is 6.92 Å². The van der Waals surface area contributed by atoms with E-state index in [-0.39, 0.29) is 17.5 Å². The highest BCUT2D eigenvalue weighted by Gasteiger charge is 2.17. The quantitative estimate of drug-likeness (QED) is 0.683. The van der Waals surface area contributed by atoms with E-state index in [9.17, 15) is 9.59 Å². The molecule has 3 N–H and O–H groups in total. The van der Waals surface area contributed by atoms with Crippen molar-refractivity contribution in [2.75, 3.05) is 12.4 Å². The Bertz CT molecular complexity index is 949. The maximum absolute atomic E-state index is 12.6. The summed E-state index contributed by atoms with van der Waals surface area (Å²) in [4.78, 5) is 24.4. The van der Waals surface area contributed by atoms with Crippen LogP contribution in [0.1, 0.15) is 26.4 Å². The number of amides is 2. The molecule has 0 aliphatic rings. The van der Waals surface area contributed by atoms with Gasteiger partial charge in [-0.15, -0.1) is 0 Å². The summed E-state index contributed by atoms with van der Waals surface area (Å²) < 4.78 is 0. The van der Waals surface area contributed by atoms with Crippen LogP contribution in [-0.4, -0.2) is 29.1 Å². The molecule has 0 saturated heterocycles. The van der Waals surface area contributed by atoms with Gasteiger partial charge in [0.1, 0.15) is 0 Å². The number of nitrogens with zero attached hydrogens (tertiary/aromatic N) is 1. The molecule has 0 saturated carbocycles. The summed E-state index contributed by atoms with van der Waals surface area (Å²) in [6.07, 6.45) is 0. The van der Waals surface area contributed by atoms with Crippen molar-refractivity contribution >= 4 is 40.0 Å². The fraction of sp³-hybridized carbons (Fsp3) is 0.118. The maximum Gasteiger partial charge on any atom is 0.276 e. The van der Waals surface area contributed by atoms with Gasteiger partial charge in [-0.3, -0.25) is 14.7 Å². The van der Waals surface area contributed by atoms with Gasteiger partial charge in [0.05, 0.1) is 5.52 Å². The normalized spacial score (nSPS) is 10.6. The lowest BCUT2D eigenvalue weighted by molar-refractivity contribution is 0.0960. The second-order valence-corrected chi connectivity index (χ2v) is 5.71. The molecule has 2 aromatic carbocycles. The molecule has 1 aromatic heterocycles. The number of hydrogen-bond acceptors (Lipinski definition) is 3. The number of nitrogens with one attached hydrogen (secondary N) is 3. The van der Waals surface area contributed by atoms with Crippen molar-refractivity contribution in [1.29, 1.82) is 0 Å². The highest BCUT2D eigenvalue weighted by atomic mass is 35.5.